The van der Waals surface area contributed by atoms with Crippen LogP contribution in [0, 0.1) is 22.7 Å². The van der Waals surface area contributed by atoms with Crippen LogP contribution in [-0.4, -0.2) is 12.1 Å². The van der Waals surface area contributed by atoms with Crippen molar-refractivity contribution in [3.8, 4) is 34.9 Å². The standard InChI is InChI=1S/C21H16N4O2/c1-26-21-18(12-23)19(17(11-22)20(24)25-21)15-8-5-9-16(10-15)27-13-14-6-3-2-4-7-14/h2-10H,13H2,1H3,(H2,24,25). The fraction of sp³-hybridized carbons (Fsp3) is 0.0952. The first-order valence-electron chi connectivity index (χ1n) is 8.12. The summed E-state index contributed by atoms with van der Waals surface area (Å²) >= 11 is 0. The van der Waals surface area contributed by atoms with Crippen molar-refractivity contribution in [3.05, 3.63) is 71.3 Å². The molecule has 0 aliphatic carbocycles. The Morgan fingerprint density at radius 1 is 1.00 bits per heavy atom. The average Bonchev–Trinajstić information content (AvgIpc) is 2.72. The van der Waals surface area contributed by atoms with Crippen molar-refractivity contribution in [1.29, 1.82) is 10.5 Å². The summed E-state index contributed by atoms with van der Waals surface area (Å²) in [5.41, 5.74) is 8.22. The Balaban J connectivity index is 2.03. The fourth-order valence-electron chi connectivity index (χ4n) is 2.72. The lowest BCUT2D eigenvalue weighted by molar-refractivity contribution is 0.306. The van der Waals surface area contributed by atoms with Crippen LogP contribution in [0.15, 0.2) is 54.6 Å². The number of nitriles is 2. The number of aromatic nitrogens is 1. The van der Waals surface area contributed by atoms with Gasteiger partial charge in [0.15, 0.2) is 0 Å². The second-order valence-electron chi connectivity index (χ2n) is 5.66. The van der Waals surface area contributed by atoms with E-state index in [0.29, 0.717) is 23.5 Å². The minimum absolute atomic E-state index is 0.0129. The predicted molar refractivity (Wildman–Crippen MR) is 101 cm³/mol. The van der Waals surface area contributed by atoms with Crippen molar-refractivity contribution >= 4 is 5.82 Å². The van der Waals surface area contributed by atoms with Gasteiger partial charge in [0.05, 0.1) is 7.11 Å². The third kappa shape index (κ3) is 3.65. The molecule has 0 fully saturated rings. The monoisotopic (exact) mass is 356 g/mol. The highest BCUT2D eigenvalue weighted by Crippen LogP contribution is 2.36. The first-order valence-corrected chi connectivity index (χ1v) is 8.12. The van der Waals surface area contributed by atoms with E-state index in [2.05, 4.69) is 11.1 Å². The van der Waals surface area contributed by atoms with E-state index in [1.54, 1.807) is 18.2 Å². The van der Waals surface area contributed by atoms with Crippen molar-refractivity contribution in [3.63, 3.8) is 0 Å². The van der Waals surface area contributed by atoms with Crippen LogP contribution in [0.5, 0.6) is 11.6 Å². The smallest absolute Gasteiger partial charge is 0.234 e. The van der Waals surface area contributed by atoms with Gasteiger partial charge in [-0.15, -0.1) is 0 Å². The number of rotatable bonds is 5. The Hall–Kier alpha value is -4.03. The number of hydrogen-bond donors (Lipinski definition) is 1. The number of hydrogen-bond acceptors (Lipinski definition) is 6. The van der Waals surface area contributed by atoms with Crippen molar-refractivity contribution in [1.82, 2.24) is 4.98 Å². The molecule has 0 aliphatic rings. The predicted octanol–water partition coefficient (Wildman–Crippen LogP) is 3.66. The van der Waals surface area contributed by atoms with Crippen LogP contribution >= 0.6 is 0 Å². The second-order valence-corrected chi connectivity index (χ2v) is 5.66. The molecule has 6 nitrogen and oxygen atoms in total. The van der Waals surface area contributed by atoms with Crippen LogP contribution in [0.2, 0.25) is 0 Å². The molecule has 3 aromatic rings. The Labute approximate surface area is 157 Å². The molecular formula is C21H16N4O2. The Morgan fingerprint density at radius 2 is 1.74 bits per heavy atom. The van der Waals surface area contributed by atoms with Gasteiger partial charge in [-0.1, -0.05) is 42.5 Å². The number of anilines is 1. The highest BCUT2D eigenvalue weighted by molar-refractivity contribution is 5.82. The SMILES string of the molecule is COc1nc(N)c(C#N)c(-c2cccc(OCc3ccccc3)c2)c1C#N. The molecule has 3 rings (SSSR count). The van der Waals surface area contributed by atoms with Crippen molar-refractivity contribution in [2.24, 2.45) is 0 Å². The normalized spacial score (nSPS) is 9.89. The molecule has 0 unspecified atom stereocenters. The summed E-state index contributed by atoms with van der Waals surface area (Å²) < 4.78 is 11.0. The number of benzene rings is 2. The molecule has 1 aromatic heterocycles. The summed E-state index contributed by atoms with van der Waals surface area (Å²) in [5, 5.41) is 19.1. The zero-order chi connectivity index (χ0) is 19.2. The molecule has 2 aromatic carbocycles. The van der Waals surface area contributed by atoms with Crippen molar-refractivity contribution in [2.45, 2.75) is 6.61 Å². The van der Waals surface area contributed by atoms with E-state index < -0.39 is 0 Å². The molecule has 0 amide bonds. The maximum absolute atomic E-state index is 9.57. The van der Waals surface area contributed by atoms with Crippen LogP contribution in [0.25, 0.3) is 11.1 Å². The van der Waals surface area contributed by atoms with Crippen LogP contribution in [0.1, 0.15) is 16.7 Å². The van der Waals surface area contributed by atoms with Gasteiger partial charge in [0, 0.05) is 5.56 Å². The minimum Gasteiger partial charge on any atom is -0.489 e. The highest BCUT2D eigenvalue weighted by Gasteiger charge is 2.21. The number of nitrogens with two attached hydrogens (primary N) is 1. The molecule has 1 heterocycles. The number of nitrogen functional groups attached to an aromatic ring is 1. The Kier molecular flexibility index (Phi) is 5.20. The van der Waals surface area contributed by atoms with Gasteiger partial charge in [0.2, 0.25) is 5.88 Å². The molecule has 0 aliphatic heterocycles. The van der Waals surface area contributed by atoms with E-state index in [-0.39, 0.29) is 22.8 Å². The van der Waals surface area contributed by atoms with Crippen LogP contribution in [-0.2, 0) is 6.61 Å². The summed E-state index contributed by atoms with van der Waals surface area (Å²) in [6.07, 6.45) is 0. The molecule has 0 saturated heterocycles. The van der Waals surface area contributed by atoms with Crippen LogP contribution in [0.3, 0.4) is 0 Å². The lowest BCUT2D eigenvalue weighted by Crippen LogP contribution is -2.04. The lowest BCUT2D eigenvalue weighted by Gasteiger charge is -2.13. The first kappa shape index (κ1) is 17.8. The number of nitrogens with zero attached hydrogens (tertiary/aromatic N) is 3. The first-order chi connectivity index (χ1) is 13.2. The molecule has 6 heteroatoms. The van der Waals surface area contributed by atoms with E-state index >= 15 is 0 Å². The maximum atomic E-state index is 9.57. The molecular weight excluding hydrogens is 340 g/mol. The number of pyridine rings is 1. The Morgan fingerprint density at radius 3 is 2.41 bits per heavy atom. The van der Waals surface area contributed by atoms with Gasteiger partial charge in [0.25, 0.3) is 0 Å². The molecule has 0 atom stereocenters. The highest BCUT2D eigenvalue weighted by atomic mass is 16.5. The van der Waals surface area contributed by atoms with E-state index in [0.717, 1.165) is 5.56 Å². The van der Waals surface area contributed by atoms with Gasteiger partial charge in [-0.25, -0.2) is 0 Å². The quantitative estimate of drug-likeness (QED) is 0.748. The summed E-state index contributed by atoms with van der Waals surface area (Å²) in [4.78, 5) is 4.00. The van der Waals surface area contributed by atoms with E-state index in [1.807, 2.05) is 42.5 Å². The summed E-state index contributed by atoms with van der Waals surface area (Å²) in [5.74, 6) is 0.706. The zero-order valence-electron chi connectivity index (χ0n) is 14.6. The minimum atomic E-state index is 0.0129. The van der Waals surface area contributed by atoms with Gasteiger partial charge in [-0.2, -0.15) is 15.5 Å². The molecule has 2 N–H and O–H groups in total. The van der Waals surface area contributed by atoms with Gasteiger partial charge in [0.1, 0.15) is 41.4 Å². The molecule has 0 bridgehead atoms. The van der Waals surface area contributed by atoms with Gasteiger partial charge in [-0.05, 0) is 23.3 Å². The second kappa shape index (κ2) is 7.90. The maximum Gasteiger partial charge on any atom is 0.234 e. The molecule has 0 saturated carbocycles. The van der Waals surface area contributed by atoms with Crippen molar-refractivity contribution in [2.75, 3.05) is 12.8 Å². The van der Waals surface area contributed by atoms with Gasteiger partial charge >= 0.3 is 0 Å². The Bertz CT molecular complexity index is 1050. The largest absolute Gasteiger partial charge is 0.489 e. The topological polar surface area (TPSA) is 105 Å². The van der Waals surface area contributed by atoms with Crippen molar-refractivity contribution < 1.29 is 9.47 Å². The third-order valence-corrected chi connectivity index (χ3v) is 3.98. The van der Waals surface area contributed by atoms with E-state index in [1.165, 1.54) is 7.11 Å². The molecule has 27 heavy (non-hydrogen) atoms. The van der Waals surface area contributed by atoms with Crippen LogP contribution < -0.4 is 15.2 Å². The lowest BCUT2D eigenvalue weighted by atomic mass is 9.96. The fourth-order valence-corrected chi connectivity index (χ4v) is 2.72. The average molecular weight is 356 g/mol. The molecule has 0 radical (unpaired) electrons. The summed E-state index contributed by atoms with van der Waals surface area (Å²) in [7, 11) is 1.40. The zero-order valence-corrected chi connectivity index (χ0v) is 14.6. The third-order valence-electron chi connectivity index (χ3n) is 3.98. The van der Waals surface area contributed by atoms with Crippen LogP contribution in [0.4, 0.5) is 5.82 Å². The number of ether oxygens (including phenoxy) is 2. The van der Waals surface area contributed by atoms with E-state index in [9.17, 15) is 10.5 Å². The van der Waals surface area contributed by atoms with E-state index in [4.69, 9.17) is 15.2 Å². The summed E-state index contributed by atoms with van der Waals surface area (Å²) in [6.45, 7) is 0.405. The van der Waals surface area contributed by atoms with Gasteiger partial charge in [-0.3, -0.25) is 0 Å². The number of methoxy groups -OCH3 is 1. The molecule has 132 valence electrons. The van der Waals surface area contributed by atoms with Gasteiger partial charge < -0.3 is 15.2 Å². The molecule has 0 spiro atoms. The summed E-state index contributed by atoms with van der Waals surface area (Å²) in [6, 6.07) is 21.0.